The van der Waals surface area contributed by atoms with Crippen LogP contribution in [-0.2, 0) is 6.54 Å². The van der Waals surface area contributed by atoms with Gasteiger partial charge in [0.2, 0.25) is 5.28 Å². The Balaban J connectivity index is 0.00000161. The van der Waals surface area contributed by atoms with Crippen LogP contribution in [-0.4, -0.2) is 43.3 Å². The average molecular weight is 405 g/mol. The highest BCUT2D eigenvalue weighted by Gasteiger charge is 2.21. The van der Waals surface area contributed by atoms with Crippen LogP contribution in [0.5, 0.6) is 0 Å². The Hall–Kier alpha value is -0.370. The van der Waals surface area contributed by atoms with Crippen molar-refractivity contribution in [2.24, 2.45) is 0 Å². The number of aromatic nitrogens is 4. The highest BCUT2D eigenvalue weighted by molar-refractivity contribution is 6.28. The zero-order valence-electron chi connectivity index (χ0n) is 12.4. The van der Waals surface area contributed by atoms with E-state index in [9.17, 15) is 5.11 Å². The Kier molecular flexibility index (Phi) is 10.3. The van der Waals surface area contributed by atoms with Gasteiger partial charge in [-0.3, -0.25) is 0 Å². The minimum absolute atomic E-state index is 0. The number of aliphatic hydroxyl groups is 1. The van der Waals surface area contributed by atoms with E-state index in [1.807, 2.05) is 4.57 Å². The lowest BCUT2D eigenvalue weighted by molar-refractivity contribution is 0.0909. The lowest BCUT2D eigenvalue weighted by atomic mass is 9.97. The highest BCUT2D eigenvalue weighted by atomic mass is 35.5. The summed E-state index contributed by atoms with van der Waals surface area (Å²) in [6.07, 6.45) is 7.03. The summed E-state index contributed by atoms with van der Waals surface area (Å²) in [5.41, 5.74) is 1.52. The summed E-state index contributed by atoms with van der Waals surface area (Å²) in [7, 11) is 0. The number of hydrogen-bond acceptors (Lipinski definition) is 5. The smallest absolute Gasteiger partial charge is 0.224 e. The fourth-order valence-corrected chi connectivity index (χ4v) is 2.84. The largest absolute Gasteiger partial charge is 0.392 e. The van der Waals surface area contributed by atoms with Gasteiger partial charge in [-0.2, -0.15) is 4.98 Å². The molecule has 0 radical (unpaired) electrons. The molecule has 3 heterocycles. The average Bonchev–Trinajstić information content (AvgIpc) is 2.83. The fourth-order valence-electron chi connectivity index (χ4n) is 2.71. The van der Waals surface area contributed by atoms with E-state index in [1.54, 1.807) is 12.5 Å². The quantitative estimate of drug-likeness (QED) is 0.766. The number of aryl methyl sites for hydroxylation is 1. The van der Waals surface area contributed by atoms with Gasteiger partial charge in [-0.25, -0.2) is 9.97 Å². The van der Waals surface area contributed by atoms with E-state index >= 15 is 0 Å². The second kappa shape index (κ2) is 10.5. The molecule has 1 saturated heterocycles. The summed E-state index contributed by atoms with van der Waals surface area (Å²) < 4.78 is 1.98. The second-order valence-electron chi connectivity index (χ2n) is 5.20. The van der Waals surface area contributed by atoms with E-state index in [4.69, 9.17) is 11.6 Å². The van der Waals surface area contributed by atoms with Crippen molar-refractivity contribution in [2.75, 3.05) is 6.54 Å². The minimum Gasteiger partial charge on any atom is -0.392 e. The Morgan fingerprint density at radius 2 is 2.09 bits per heavy atom. The van der Waals surface area contributed by atoms with E-state index in [0.717, 1.165) is 49.9 Å². The maximum atomic E-state index is 9.91. The molecule has 0 unspecified atom stereocenters. The number of halogens is 4. The van der Waals surface area contributed by atoms with Crippen molar-refractivity contribution < 1.29 is 5.11 Å². The molecule has 0 aliphatic carbocycles. The van der Waals surface area contributed by atoms with Crippen molar-refractivity contribution >= 4 is 60.0 Å². The van der Waals surface area contributed by atoms with Gasteiger partial charge in [0.05, 0.1) is 18.6 Å². The molecule has 132 valence electrons. The molecule has 0 aromatic carbocycles. The van der Waals surface area contributed by atoms with Gasteiger partial charge < -0.3 is 15.0 Å². The van der Waals surface area contributed by atoms with Crippen molar-refractivity contribution in [1.29, 1.82) is 0 Å². The van der Waals surface area contributed by atoms with E-state index in [1.165, 1.54) is 0 Å². The number of nitrogens with one attached hydrogen (secondary N) is 1. The predicted octanol–water partition coefficient (Wildman–Crippen LogP) is 2.64. The zero-order valence-corrected chi connectivity index (χ0v) is 15.6. The van der Waals surface area contributed by atoms with Crippen molar-refractivity contribution in [3.05, 3.63) is 17.8 Å². The monoisotopic (exact) mass is 403 g/mol. The summed E-state index contributed by atoms with van der Waals surface area (Å²) in [6.45, 7) is 1.81. The number of rotatable bonds is 4. The first-order valence-electron chi connectivity index (χ1n) is 6.99. The van der Waals surface area contributed by atoms with Gasteiger partial charge in [-0.05, 0) is 43.8 Å². The van der Waals surface area contributed by atoms with Crippen LogP contribution < -0.4 is 5.32 Å². The molecule has 0 saturated carbocycles. The molecule has 3 rings (SSSR count). The Morgan fingerprint density at radius 3 is 2.83 bits per heavy atom. The summed E-state index contributed by atoms with van der Waals surface area (Å²) in [6, 6.07) is 0.205. The number of nitrogens with zero attached hydrogens (tertiary/aromatic N) is 4. The van der Waals surface area contributed by atoms with Crippen molar-refractivity contribution in [2.45, 2.75) is 44.4 Å². The molecule has 0 bridgehead atoms. The first kappa shape index (κ1) is 22.6. The number of fused-ring (bicyclic) bond motifs is 1. The normalized spacial score (nSPS) is 20.3. The summed E-state index contributed by atoms with van der Waals surface area (Å²) in [5, 5.41) is 13.5. The molecule has 1 aliphatic heterocycles. The zero-order chi connectivity index (χ0) is 13.9. The van der Waals surface area contributed by atoms with E-state index in [0.29, 0.717) is 0 Å². The third-order valence-electron chi connectivity index (χ3n) is 3.79. The van der Waals surface area contributed by atoms with Gasteiger partial charge >= 0.3 is 0 Å². The van der Waals surface area contributed by atoms with E-state index in [2.05, 4.69) is 20.3 Å². The SMILES string of the molecule is Cl.Cl.Cl.O[C@H]1CCCN[C@@H]1CCCn1cnc2cnc(Cl)nc21. The van der Waals surface area contributed by atoms with Crippen LogP contribution in [0.2, 0.25) is 5.28 Å². The maximum Gasteiger partial charge on any atom is 0.224 e. The molecular formula is C13H21Cl4N5O. The standard InChI is InChI=1S/C13H18ClN5O.3ClH/c14-13-16-7-10-12(18-13)19(8-17-10)6-2-3-9-11(20)4-1-5-15-9;;;/h7-9,11,15,20H,1-6H2;3*1H/t9-,11+;;;/m1.../s1. The van der Waals surface area contributed by atoms with Gasteiger partial charge in [0.1, 0.15) is 5.52 Å². The number of imidazole rings is 1. The van der Waals surface area contributed by atoms with Crippen LogP contribution in [0.3, 0.4) is 0 Å². The van der Waals surface area contributed by atoms with E-state index < -0.39 is 0 Å². The Morgan fingerprint density at radius 1 is 1.30 bits per heavy atom. The number of aliphatic hydroxyl groups excluding tert-OH is 1. The molecule has 0 spiro atoms. The third-order valence-corrected chi connectivity index (χ3v) is 3.97. The first-order chi connectivity index (χ1) is 9.74. The third kappa shape index (κ3) is 5.59. The van der Waals surface area contributed by atoms with Crippen molar-refractivity contribution in [3.8, 4) is 0 Å². The highest BCUT2D eigenvalue weighted by Crippen LogP contribution is 2.15. The van der Waals surface area contributed by atoms with Crippen LogP contribution in [0.25, 0.3) is 11.2 Å². The van der Waals surface area contributed by atoms with Gasteiger partial charge in [0.25, 0.3) is 0 Å². The second-order valence-corrected chi connectivity index (χ2v) is 5.54. The van der Waals surface area contributed by atoms with Crippen LogP contribution in [0.1, 0.15) is 25.7 Å². The fraction of sp³-hybridized carbons (Fsp3) is 0.615. The molecular weight excluding hydrogens is 384 g/mol. The van der Waals surface area contributed by atoms with Crippen molar-refractivity contribution in [3.63, 3.8) is 0 Å². The van der Waals surface area contributed by atoms with Gasteiger partial charge in [-0.1, -0.05) is 0 Å². The first-order valence-corrected chi connectivity index (χ1v) is 7.36. The van der Waals surface area contributed by atoms with Gasteiger partial charge in [-0.15, -0.1) is 37.2 Å². The maximum absolute atomic E-state index is 9.91. The Labute approximate surface area is 158 Å². The molecule has 6 nitrogen and oxygen atoms in total. The molecule has 0 amide bonds. The van der Waals surface area contributed by atoms with Crippen LogP contribution in [0.15, 0.2) is 12.5 Å². The molecule has 2 aromatic rings. The molecule has 1 aliphatic rings. The molecule has 1 fully saturated rings. The number of hydrogen-bond donors (Lipinski definition) is 2. The molecule has 10 heteroatoms. The molecule has 2 atom stereocenters. The van der Waals surface area contributed by atoms with Gasteiger partial charge in [0, 0.05) is 12.6 Å². The number of piperidine rings is 1. The lowest BCUT2D eigenvalue weighted by Gasteiger charge is -2.28. The molecule has 2 aromatic heterocycles. The van der Waals surface area contributed by atoms with E-state index in [-0.39, 0.29) is 54.7 Å². The predicted molar refractivity (Wildman–Crippen MR) is 98.3 cm³/mol. The topological polar surface area (TPSA) is 75.9 Å². The minimum atomic E-state index is -0.222. The van der Waals surface area contributed by atoms with Crippen LogP contribution in [0.4, 0.5) is 0 Å². The van der Waals surface area contributed by atoms with Crippen molar-refractivity contribution in [1.82, 2.24) is 24.8 Å². The molecule has 23 heavy (non-hydrogen) atoms. The lowest BCUT2D eigenvalue weighted by Crippen LogP contribution is -2.44. The summed E-state index contributed by atoms with van der Waals surface area (Å²) in [5.74, 6) is 0. The summed E-state index contributed by atoms with van der Waals surface area (Å²) >= 11 is 5.82. The van der Waals surface area contributed by atoms with Crippen LogP contribution in [0, 0.1) is 0 Å². The molecule has 2 N–H and O–H groups in total. The summed E-state index contributed by atoms with van der Waals surface area (Å²) in [4.78, 5) is 12.4. The van der Waals surface area contributed by atoms with Crippen LogP contribution >= 0.6 is 48.8 Å². The van der Waals surface area contributed by atoms with Gasteiger partial charge in [0.15, 0.2) is 5.65 Å². The Bertz CT molecular complexity index is 597.